The third-order valence-corrected chi connectivity index (χ3v) is 6.05. The molecule has 2 fully saturated rings. The van der Waals surface area contributed by atoms with Gasteiger partial charge in [0.1, 0.15) is 5.54 Å². The van der Waals surface area contributed by atoms with Crippen molar-refractivity contribution < 1.29 is 9.53 Å². The van der Waals surface area contributed by atoms with Crippen molar-refractivity contribution in [2.45, 2.75) is 66.0 Å². The minimum atomic E-state index is -0.777. The third-order valence-electron chi connectivity index (χ3n) is 6.05. The summed E-state index contributed by atoms with van der Waals surface area (Å²) in [5.41, 5.74) is 5.82. The lowest BCUT2D eigenvalue weighted by Crippen LogP contribution is -2.76. The Kier molecular flexibility index (Phi) is 9.39. The predicted octanol–water partition coefficient (Wildman–Crippen LogP) is 2.94. The first-order valence-corrected chi connectivity index (χ1v) is 9.43. The minimum Gasteiger partial charge on any atom is -0.378 e. The van der Waals surface area contributed by atoms with Crippen molar-refractivity contribution in [2.75, 3.05) is 39.3 Å². The number of ether oxygens (including phenoxy) is 1. The van der Waals surface area contributed by atoms with Crippen molar-refractivity contribution in [3.05, 3.63) is 0 Å². The van der Waals surface area contributed by atoms with Crippen LogP contribution in [0.25, 0.3) is 0 Å². The lowest BCUT2D eigenvalue weighted by molar-refractivity contribution is -0.180. The molecule has 0 bridgehead atoms. The van der Waals surface area contributed by atoms with Gasteiger partial charge >= 0.3 is 0 Å². The summed E-state index contributed by atoms with van der Waals surface area (Å²) < 4.78 is 5.75. The van der Waals surface area contributed by atoms with Gasteiger partial charge in [-0.05, 0) is 25.3 Å². The van der Waals surface area contributed by atoms with E-state index >= 15 is 0 Å². The first kappa shape index (κ1) is 25.9. The molecule has 1 amide bonds. The Hall–Kier alpha value is -0.0700. The molecule has 2 unspecified atom stereocenters. The summed E-state index contributed by atoms with van der Waals surface area (Å²) in [6.45, 7) is 18.2. The van der Waals surface area contributed by atoms with Crippen molar-refractivity contribution >= 4 is 30.7 Å². The summed E-state index contributed by atoms with van der Waals surface area (Å²) in [5.74, 6) is 0.110. The van der Waals surface area contributed by atoms with Crippen LogP contribution in [0.2, 0.25) is 0 Å². The SMILES string of the molecule is CCOC1CC(N)(C(=O)N2CCN(CCC(C)(C)C)CC2)C1(C)C.Cl.Cl. The average Bonchev–Trinajstić information content (AvgIpc) is 2.51. The van der Waals surface area contributed by atoms with E-state index in [0.29, 0.717) is 18.4 Å². The Morgan fingerprint density at radius 2 is 1.69 bits per heavy atom. The molecule has 1 aliphatic carbocycles. The smallest absolute Gasteiger partial charge is 0.243 e. The lowest BCUT2D eigenvalue weighted by Gasteiger charge is -2.59. The fourth-order valence-corrected chi connectivity index (χ4v) is 3.75. The number of rotatable bonds is 5. The Morgan fingerprint density at radius 3 is 2.12 bits per heavy atom. The highest BCUT2D eigenvalue weighted by Crippen LogP contribution is 2.50. The summed E-state index contributed by atoms with van der Waals surface area (Å²) in [4.78, 5) is 17.5. The van der Waals surface area contributed by atoms with E-state index in [1.165, 1.54) is 6.42 Å². The fraction of sp³-hybridized carbons (Fsp3) is 0.947. The van der Waals surface area contributed by atoms with E-state index in [-0.39, 0.29) is 42.2 Å². The summed E-state index contributed by atoms with van der Waals surface area (Å²) >= 11 is 0. The molecule has 2 N–H and O–H groups in total. The van der Waals surface area contributed by atoms with Crippen LogP contribution in [-0.4, -0.2) is 66.7 Å². The van der Waals surface area contributed by atoms with Crippen molar-refractivity contribution in [2.24, 2.45) is 16.6 Å². The largest absolute Gasteiger partial charge is 0.378 e. The van der Waals surface area contributed by atoms with Crippen LogP contribution >= 0.6 is 24.8 Å². The van der Waals surface area contributed by atoms with Gasteiger partial charge in [-0.15, -0.1) is 24.8 Å². The van der Waals surface area contributed by atoms with Crippen molar-refractivity contribution in [1.29, 1.82) is 0 Å². The standard InChI is InChI=1S/C19H37N3O2.2ClH/c1-7-24-15-14-19(20,18(15,5)6)16(23)22-12-10-21(11-13-22)9-8-17(2,3)4;;/h15H,7-14,20H2,1-6H3;2*1H. The summed E-state index contributed by atoms with van der Waals surface area (Å²) in [6, 6.07) is 0. The van der Waals surface area contributed by atoms with Gasteiger partial charge in [-0.1, -0.05) is 34.6 Å². The van der Waals surface area contributed by atoms with Gasteiger partial charge in [0.25, 0.3) is 0 Å². The van der Waals surface area contributed by atoms with Gasteiger partial charge in [0.05, 0.1) is 6.10 Å². The maximum absolute atomic E-state index is 13.0. The Bertz CT molecular complexity index is 460. The molecule has 26 heavy (non-hydrogen) atoms. The van der Waals surface area contributed by atoms with E-state index in [9.17, 15) is 4.79 Å². The minimum absolute atomic E-state index is 0. The zero-order valence-corrected chi connectivity index (χ0v) is 19.0. The van der Waals surface area contributed by atoms with E-state index in [0.717, 1.165) is 32.7 Å². The molecule has 0 aromatic carbocycles. The highest BCUT2D eigenvalue weighted by molar-refractivity contribution is 5.89. The normalized spacial score (nSPS) is 28.6. The number of piperazine rings is 1. The van der Waals surface area contributed by atoms with Crippen LogP contribution in [0.1, 0.15) is 54.4 Å². The molecule has 156 valence electrons. The van der Waals surface area contributed by atoms with Crippen molar-refractivity contribution in [3.8, 4) is 0 Å². The highest BCUT2D eigenvalue weighted by atomic mass is 35.5. The molecule has 7 heteroatoms. The number of hydrogen-bond acceptors (Lipinski definition) is 4. The second kappa shape index (κ2) is 9.42. The van der Waals surface area contributed by atoms with E-state index in [2.05, 4.69) is 39.5 Å². The molecule has 1 heterocycles. The number of nitrogens with zero attached hydrogens (tertiary/aromatic N) is 2. The van der Waals surface area contributed by atoms with Crippen LogP contribution in [0.4, 0.5) is 0 Å². The third kappa shape index (κ3) is 5.26. The van der Waals surface area contributed by atoms with E-state index in [4.69, 9.17) is 10.5 Å². The maximum Gasteiger partial charge on any atom is 0.243 e. The van der Waals surface area contributed by atoms with Gasteiger partial charge in [-0.3, -0.25) is 9.69 Å². The predicted molar refractivity (Wildman–Crippen MR) is 112 cm³/mol. The van der Waals surface area contributed by atoms with Crippen LogP contribution in [0, 0.1) is 10.8 Å². The first-order valence-electron chi connectivity index (χ1n) is 9.43. The molecular formula is C19H39Cl2N3O2. The van der Waals surface area contributed by atoms with Gasteiger partial charge in [-0.2, -0.15) is 0 Å². The molecule has 2 aliphatic rings. The van der Waals surface area contributed by atoms with Gasteiger partial charge < -0.3 is 15.4 Å². The van der Waals surface area contributed by atoms with E-state index in [1.807, 2.05) is 11.8 Å². The maximum atomic E-state index is 13.0. The second-order valence-corrected chi connectivity index (χ2v) is 9.29. The molecule has 1 aliphatic heterocycles. The van der Waals surface area contributed by atoms with Gasteiger partial charge in [-0.25, -0.2) is 0 Å². The average molecular weight is 412 g/mol. The van der Waals surface area contributed by atoms with Crippen LogP contribution in [0.5, 0.6) is 0 Å². The van der Waals surface area contributed by atoms with E-state index in [1.54, 1.807) is 0 Å². The molecule has 0 aromatic rings. The van der Waals surface area contributed by atoms with Crippen molar-refractivity contribution in [3.63, 3.8) is 0 Å². The monoisotopic (exact) mass is 411 g/mol. The number of halogens is 2. The Labute approximate surface area is 172 Å². The highest BCUT2D eigenvalue weighted by Gasteiger charge is 2.63. The Morgan fingerprint density at radius 1 is 1.15 bits per heavy atom. The molecule has 5 nitrogen and oxygen atoms in total. The summed E-state index contributed by atoms with van der Waals surface area (Å²) in [7, 11) is 0. The molecule has 0 aromatic heterocycles. The number of carbonyl (C=O) groups excluding carboxylic acids is 1. The topological polar surface area (TPSA) is 58.8 Å². The van der Waals surface area contributed by atoms with Crippen LogP contribution in [0.3, 0.4) is 0 Å². The lowest BCUT2D eigenvalue weighted by atomic mass is 9.54. The van der Waals surface area contributed by atoms with Crippen LogP contribution in [-0.2, 0) is 9.53 Å². The molecule has 1 saturated carbocycles. The molecule has 1 saturated heterocycles. The van der Waals surface area contributed by atoms with Crippen LogP contribution < -0.4 is 5.73 Å². The fourth-order valence-electron chi connectivity index (χ4n) is 3.75. The van der Waals surface area contributed by atoms with Gasteiger partial charge in [0.15, 0.2) is 0 Å². The molecule has 0 spiro atoms. The van der Waals surface area contributed by atoms with Gasteiger partial charge in [0, 0.05) is 44.6 Å². The second-order valence-electron chi connectivity index (χ2n) is 9.29. The summed E-state index contributed by atoms with van der Waals surface area (Å²) in [5, 5.41) is 0. The summed E-state index contributed by atoms with van der Waals surface area (Å²) in [6.07, 6.45) is 1.91. The quantitative estimate of drug-likeness (QED) is 0.755. The van der Waals surface area contributed by atoms with Crippen LogP contribution in [0.15, 0.2) is 0 Å². The Balaban J connectivity index is 0.00000312. The number of amides is 1. The first-order chi connectivity index (χ1) is 11.0. The molecule has 0 radical (unpaired) electrons. The van der Waals surface area contributed by atoms with Crippen molar-refractivity contribution in [1.82, 2.24) is 9.80 Å². The molecule has 2 rings (SSSR count). The van der Waals surface area contributed by atoms with E-state index < -0.39 is 5.54 Å². The number of nitrogens with two attached hydrogens (primary N) is 1. The number of carbonyl (C=O) groups is 1. The number of hydrogen-bond donors (Lipinski definition) is 1. The zero-order chi connectivity index (χ0) is 18.2. The molecule has 2 atom stereocenters. The molecular weight excluding hydrogens is 373 g/mol. The zero-order valence-electron chi connectivity index (χ0n) is 17.3. The van der Waals surface area contributed by atoms with Gasteiger partial charge in [0.2, 0.25) is 5.91 Å².